The number of nitrogens with one attached hydrogen (secondary N) is 1. The fourth-order valence-electron chi connectivity index (χ4n) is 2.70. The Hall–Kier alpha value is -2.31. The highest BCUT2D eigenvalue weighted by Crippen LogP contribution is 2.38. The summed E-state index contributed by atoms with van der Waals surface area (Å²) in [7, 11) is 0. The third-order valence-electron chi connectivity index (χ3n) is 4.20. The predicted molar refractivity (Wildman–Crippen MR) is 123 cm³/mol. The molecule has 0 spiro atoms. The first-order chi connectivity index (χ1) is 14.0. The van der Waals surface area contributed by atoms with Crippen molar-refractivity contribution in [2.45, 2.75) is 20.5 Å². The standard InChI is InChI=1S/C23H21Br2NO3/c1-3-28-21-13-17(23(27)26-20-7-5-4-6-18(20)24)12-19(25)22(21)29-14-16-10-8-15(2)9-11-16/h4-13H,3,14H2,1-2H3,(H,26,27). The molecular formula is C23H21Br2NO3. The fraction of sp³-hybridized carbons (Fsp3) is 0.174. The lowest BCUT2D eigenvalue weighted by Gasteiger charge is -2.16. The zero-order valence-corrected chi connectivity index (χ0v) is 19.3. The van der Waals surface area contributed by atoms with Crippen LogP contribution in [-0.4, -0.2) is 12.5 Å². The van der Waals surface area contributed by atoms with E-state index in [1.807, 2.05) is 62.4 Å². The van der Waals surface area contributed by atoms with E-state index in [1.54, 1.807) is 12.1 Å². The number of hydrogen-bond acceptors (Lipinski definition) is 3. The summed E-state index contributed by atoms with van der Waals surface area (Å²) in [5.74, 6) is 0.861. The molecule has 150 valence electrons. The van der Waals surface area contributed by atoms with Crippen LogP contribution in [0.2, 0.25) is 0 Å². The quantitative estimate of drug-likeness (QED) is 0.376. The van der Waals surface area contributed by atoms with Gasteiger partial charge in [-0.15, -0.1) is 0 Å². The van der Waals surface area contributed by atoms with Gasteiger partial charge in [0, 0.05) is 10.0 Å². The van der Waals surface area contributed by atoms with Gasteiger partial charge in [0.2, 0.25) is 0 Å². The van der Waals surface area contributed by atoms with Gasteiger partial charge in [-0.1, -0.05) is 42.0 Å². The maximum absolute atomic E-state index is 12.7. The first-order valence-electron chi connectivity index (χ1n) is 9.18. The summed E-state index contributed by atoms with van der Waals surface area (Å²) in [5.41, 5.74) is 3.43. The molecule has 0 aliphatic rings. The lowest BCUT2D eigenvalue weighted by atomic mass is 10.1. The van der Waals surface area contributed by atoms with Gasteiger partial charge in [-0.05, 0) is 75.5 Å². The van der Waals surface area contributed by atoms with Crippen molar-refractivity contribution >= 4 is 43.5 Å². The van der Waals surface area contributed by atoms with Crippen molar-refractivity contribution in [2.24, 2.45) is 0 Å². The van der Waals surface area contributed by atoms with Crippen LogP contribution in [0, 0.1) is 6.92 Å². The molecule has 0 unspecified atom stereocenters. The number of aryl methyl sites for hydroxylation is 1. The number of benzene rings is 3. The highest BCUT2D eigenvalue weighted by molar-refractivity contribution is 9.11. The second kappa shape index (κ2) is 9.94. The number of halogens is 2. The molecule has 0 radical (unpaired) electrons. The van der Waals surface area contributed by atoms with E-state index in [2.05, 4.69) is 37.2 Å². The van der Waals surface area contributed by atoms with E-state index < -0.39 is 0 Å². The van der Waals surface area contributed by atoms with Crippen molar-refractivity contribution in [1.82, 2.24) is 0 Å². The number of amides is 1. The van der Waals surface area contributed by atoms with E-state index in [1.165, 1.54) is 5.56 Å². The molecule has 4 nitrogen and oxygen atoms in total. The maximum Gasteiger partial charge on any atom is 0.255 e. The van der Waals surface area contributed by atoms with Gasteiger partial charge in [0.25, 0.3) is 5.91 Å². The van der Waals surface area contributed by atoms with E-state index in [0.29, 0.717) is 40.4 Å². The lowest BCUT2D eigenvalue weighted by Crippen LogP contribution is -2.13. The fourth-order valence-corrected chi connectivity index (χ4v) is 3.64. The Kier molecular flexibility index (Phi) is 7.34. The molecule has 0 bridgehead atoms. The summed E-state index contributed by atoms with van der Waals surface area (Å²) >= 11 is 6.97. The van der Waals surface area contributed by atoms with E-state index >= 15 is 0 Å². The SMILES string of the molecule is CCOc1cc(C(=O)Nc2ccccc2Br)cc(Br)c1OCc1ccc(C)cc1. The average Bonchev–Trinajstić information content (AvgIpc) is 2.70. The van der Waals surface area contributed by atoms with Crippen molar-refractivity contribution in [2.75, 3.05) is 11.9 Å². The van der Waals surface area contributed by atoms with Gasteiger partial charge in [-0.25, -0.2) is 0 Å². The normalized spacial score (nSPS) is 10.5. The van der Waals surface area contributed by atoms with Crippen LogP contribution >= 0.6 is 31.9 Å². The van der Waals surface area contributed by atoms with Crippen molar-refractivity contribution in [3.05, 3.63) is 86.3 Å². The second-order valence-electron chi connectivity index (χ2n) is 6.43. The van der Waals surface area contributed by atoms with Crippen molar-refractivity contribution in [1.29, 1.82) is 0 Å². The predicted octanol–water partition coefficient (Wildman–Crippen LogP) is 6.75. The Morgan fingerprint density at radius 3 is 2.38 bits per heavy atom. The summed E-state index contributed by atoms with van der Waals surface area (Å²) in [4.78, 5) is 12.7. The number of hydrogen-bond donors (Lipinski definition) is 1. The Bertz CT molecular complexity index is 1000. The van der Waals surface area contributed by atoms with E-state index in [4.69, 9.17) is 9.47 Å². The first kappa shape index (κ1) is 21.4. The largest absolute Gasteiger partial charge is 0.490 e. The molecular weight excluding hydrogens is 498 g/mol. The van der Waals surface area contributed by atoms with Crippen molar-refractivity contribution < 1.29 is 14.3 Å². The zero-order valence-electron chi connectivity index (χ0n) is 16.2. The second-order valence-corrected chi connectivity index (χ2v) is 8.14. The molecule has 0 aliphatic carbocycles. The molecule has 0 saturated carbocycles. The monoisotopic (exact) mass is 517 g/mol. The van der Waals surface area contributed by atoms with Crippen molar-refractivity contribution in [3.63, 3.8) is 0 Å². The van der Waals surface area contributed by atoms with E-state index in [9.17, 15) is 4.79 Å². The van der Waals surface area contributed by atoms with Crippen LogP contribution in [0.4, 0.5) is 5.69 Å². The summed E-state index contributed by atoms with van der Waals surface area (Å²) in [6.07, 6.45) is 0. The van der Waals surface area contributed by atoms with Crippen LogP contribution in [0.15, 0.2) is 69.6 Å². The molecule has 0 atom stereocenters. The highest BCUT2D eigenvalue weighted by Gasteiger charge is 2.17. The summed E-state index contributed by atoms with van der Waals surface area (Å²) < 4.78 is 13.2. The summed E-state index contributed by atoms with van der Waals surface area (Å²) in [6.45, 7) is 4.81. The van der Waals surface area contributed by atoms with Crippen LogP contribution in [0.25, 0.3) is 0 Å². The minimum atomic E-state index is -0.233. The van der Waals surface area contributed by atoms with Gasteiger partial charge < -0.3 is 14.8 Å². The molecule has 0 aromatic heterocycles. The highest BCUT2D eigenvalue weighted by atomic mass is 79.9. The van der Waals surface area contributed by atoms with E-state index in [0.717, 1.165) is 10.0 Å². The minimum absolute atomic E-state index is 0.233. The summed E-state index contributed by atoms with van der Waals surface area (Å²) in [6, 6.07) is 19.1. The van der Waals surface area contributed by atoms with Gasteiger partial charge in [-0.3, -0.25) is 4.79 Å². The van der Waals surface area contributed by atoms with Crippen LogP contribution < -0.4 is 14.8 Å². The number of rotatable bonds is 7. The van der Waals surface area contributed by atoms with Gasteiger partial charge in [0.15, 0.2) is 11.5 Å². The van der Waals surface area contributed by atoms with E-state index in [-0.39, 0.29) is 5.91 Å². The smallest absolute Gasteiger partial charge is 0.255 e. The topological polar surface area (TPSA) is 47.6 Å². The molecule has 3 aromatic carbocycles. The van der Waals surface area contributed by atoms with Crippen LogP contribution in [-0.2, 0) is 6.61 Å². The average molecular weight is 519 g/mol. The third-order valence-corrected chi connectivity index (χ3v) is 5.48. The molecule has 0 heterocycles. The van der Waals surface area contributed by atoms with Crippen LogP contribution in [0.3, 0.4) is 0 Å². The molecule has 6 heteroatoms. The molecule has 3 aromatic rings. The van der Waals surface area contributed by atoms with Gasteiger partial charge in [0.05, 0.1) is 16.8 Å². The Labute approximate surface area is 187 Å². The van der Waals surface area contributed by atoms with Gasteiger partial charge in [-0.2, -0.15) is 0 Å². The zero-order chi connectivity index (χ0) is 20.8. The summed E-state index contributed by atoms with van der Waals surface area (Å²) in [5, 5.41) is 2.90. The molecule has 0 saturated heterocycles. The van der Waals surface area contributed by atoms with Crippen LogP contribution in [0.5, 0.6) is 11.5 Å². The number of carbonyl (C=O) groups is 1. The number of anilines is 1. The molecule has 29 heavy (non-hydrogen) atoms. The molecule has 0 fully saturated rings. The number of ether oxygens (including phenoxy) is 2. The Morgan fingerprint density at radius 1 is 0.966 bits per heavy atom. The molecule has 1 N–H and O–H groups in total. The lowest BCUT2D eigenvalue weighted by molar-refractivity contribution is 0.102. The first-order valence-corrected chi connectivity index (χ1v) is 10.8. The molecule has 1 amide bonds. The minimum Gasteiger partial charge on any atom is -0.490 e. The van der Waals surface area contributed by atoms with Crippen molar-refractivity contribution in [3.8, 4) is 11.5 Å². The Morgan fingerprint density at radius 2 is 1.69 bits per heavy atom. The third kappa shape index (κ3) is 5.61. The molecule has 3 rings (SSSR count). The number of carbonyl (C=O) groups excluding carboxylic acids is 1. The van der Waals surface area contributed by atoms with Crippen LogP contribution in [0.1, 0.15) is 28.4 Å². The molecule has 0 aliphatic heterocycles. The number of para-hydroxylation sites is 1. The maximum atomic E-state index is 12.7. The van der Waals surface area contributed by atoms with Gasteiger partial charge >= 0.3 is 0 Å². The Balaban J connectivity index is 1.82. The van der Waals surface area contributed by atoms with Gasteiger partial charge in [0.1, 0.15) is 6.61 Å².